The average Bonchev–Trinajstić information content (AvgIpc) is 2.45. The third kappa shape index (κ3) is 0.831. The zero-order valence-electron chi connectivity index (χ0n) is 5.27. The highest BCUT2D eigenvalue weighted by Crippen LogP contribution is 2.38. The molecule has 1 rings (SSSR count). The van der Waals surface area contributed by atoms with Crippen LogP contribution in [0.15, 0.2) is 0 Å². The maximum atomic E-state index is 7.16. The summed E-state index contributed by atoms with van der Waals surface area (Å²) in [5.74, 6) is 1.60. The predicted octanol–water partition coefficient (Wildman–Crippen LogP) is 1.27. The van der Waals surface area contributed by atoms with Crippen LogP contribution in [0.1, 0.15) is 13.3 Å². The van der Waals surface area contributed by atoms with Gasteiger partial charge in [-0.05, 0) is 12.3 Å². The lowest BCUT2D eigenvalue weighted by Crippen LogP contribution is -2.01. The lowest BCUT2D eigenvalue weighted by Gasteiger charge is -1.96. The van der Waals surface area contributed by atoms with Gasteiger partial charge in [0.2, 0.25) is 0 Å². The zero-order valence-corrected chi connectivity index (χ0v) is 5.27. The van der Waals surface area contributed by atoms with Gasteiger partial charge in [-0.1, -0.05) is 6.92 Å². The van der Waals surface area contributed by atoms with E-state index in [9.17, 15) is 0 Å². The van der Waals surface area contributed by atoms with Gasteiger partial charge in [0.15, 0.2) is 5.90 Å². The molecule has 0 aliphatic heterocycles. The largest absolute Gasteiger partial charge is 0.484 e. The van der Waals surface area contributed by atoms with Gasteiger partial charge in [0, 0.05) is 5.92 Å². The van der Waals surface area contributed by atoms with E-state index in [1.165, 1.54) is 0 Å². The van der Waals surface area contributed by atoms with Gasteiger partial charge in [-0.15, -0.1) is 0 Å². The molecule has 2 heteroatoms. The number of methoxy groups -OCH3 is 1. The Balaban J connectivity index is 2.28. The molecule has 1 fully saturated rings. The number of hydrogen-bond donors (Lipinski definition) is 1. The summed E-state index contributed by atoms with van der Waals surface area (Å²) < 4.78 is 4.73. The highest BCUT2D eigenvalue weighted by Gasteiger charge is 2.37. The Labute approximate surface area is 49.4 Å². The first-order valence-electron chi connectivity index (χ1n) is 2.88. The van der Waals surface area contributed by atoms with Gasteiger partial charge < -0.3 is 4.74 Å². The van der Waals surface area contributed by atoms with Crippen LogP contribution in [0.25, 0.3) is 0 Å². The van der Waals surface area contributed by atoms with Crippen molar-refractivity contribution in [3.63, 3.8) is 0 Å². The highest BCUT2D eigenvalue weighted by molar-refractivity contribution is 5.78. The van der Waals surface area contributed by atoms with Crippen molar-refractivity contribution in [1.29, 1.82) is 5.41 Å². The molecule has 46 valence electrons. The molecule has 1 saturated carbocycles. The second-order valence-corrected chi connectivity index (χ2v) is 2.39. The second-order valence-electron chi connectivity index (χ2n) is 2.39. The molecule has 1 aliphatic rings. The van der Waals surface area contributed by atoms with E-state index in [4.69, 9.17) is 10.1 Å². The van der Waals surface area contributed by atoms with E-state index in [0.717, 1.165) is 6.42 Å². The van der Waals surface area contributed by atoms with Crippen LogP contribution in [-0.4, -0.2) is 13.0 Å². The maximum absolute atomic E-state index is 7.16. The molecule has 0 amide bonds. The van der Waals surface area contributed by atoms with Gasteiger partial charge in [0.1, 0.15) is 0 Å². The summed E-state index contributed by atoms with van der Waals surface area (Å²) in [6.45, 7) is 2.14. The molecule has 0 aromatic carbocycles. The summed E-state index contributed by atoms with van der Waals surface area (Å²) in [6, 6.07) is 0. The maximum Gasteiger partial charge on any atom is 0.183 e. The molecule has 8 heavy (non-hydrogen) atoms. The van der Waals surface area contributed by atoms with Crippen LogP contribution in [-0.2, 0) is 4.74 Å². The standard InChI is InChI=1S/C6H11NO/c1-4-3-5(4)6(7)8-2/h4-5,7H,3H2,1-2H3. The van der Waals surface area contributed by atoms with Crippen LogP contribution in [0.4, 0.5) is 0 Å². The number of nitrogens with one attached hydrogen (secondary N) is 1. The summed E-state index contributed by atoms with van der Waals surface area (Å²) in [6.07, 6.45) is 1.15. The van der Waals surface area contributed by atoms with Gasteiger partial charge in [-0.3, -0.25) is 5.41 Å². The molecule has 0 radical (unpaired) electrons. The lowest BCUT2D eigenvalue weighted by atomic mass is 10.3. The van der Waals surface area contributed by atoms with E-state index in [0.29, 0.717) is 17.7 Å². The molecule has 0 aromatic rings. The van der Waals surface area contributed by atoms with E-state index in [1.807, 2.05) is 0 Å². The Hall–Kier alpha value is -0.530. The molecule has 0 saturated heterocycles. The molecule has 2 atom stereocenters. The van der Waals surface area contributed by atoms with E-state index >= 15 is 0 Å². The second kappa shape index (κ2) is 1.77. The van der Waals surface area contributed by atoms with Crippen molar-refractivity contribution in [2.45, 2.75) is 13.3 Å². The van der Waals surface area contributed by atoms with Gasteiger partial charge in [0.05, 0.1) is 7.11 Å². The average molecular weight is 113 g/mol. The summed E-state index contributed by atoms with van der Waals surface area (Å²) in [7, 11) is 1.56. The van der Waals surface area contributed by atoms with Crippen molar-refractivity contribution >= 4 is 5.90 Å². The summed E-state index contributed by atoms with van der Waals surface area (Å²) in [5, 5.41) is 7.16. The highest BCUT2D eigenvalue weighted by atomic mass is 16.5. The minimum atomic E-state index is 0.444. The van der Waals surface area contributed by atoms with Crippen molar-refractivity contribution < 1.29 is 4.74 Å². The molecule has 0 spiro atoms. The number of rotatable bonds is 1. The molecule has 1 aliphatic carbocycles. The first-order valence-corrected chi connectivity index (χ1v) is 2.88. The Morgan fingerprint density at radius 3 is 2.38 bits per heavy atom. The topological polar surface area (TPSA) is 33.1 Å². The minimum Gasteiger partial charge on any atom is -0.484 e. The molecule has 2 unspecified atom stereocenters. The van der Waals surface area contributed by atoms with E-state index < -0.39 is 0 Å². The van der Waals surface area contributed by atoms with Crippen molar-refractivity contribution in [1.82, 2.24) is 0 Å². The first kappa shape index (κ1) is 5.60. The Bertz CT molecular complexity index is 111. The monoisotopic (exact) mass is 113 g/mol. The van der Waals surface area contributed by atoms with Gasteiger partial charge >= 0.3 is 0 Å². The third-order valence-corrected chi connectivity index (χ3v) is 1.67. The first-order chi connectivity index (χ1) is 3.75. The van der Waals surface area contributed by atoms with Crippen molar-refractivity contribution in [2.75, 3.05) is 7.11 Å². The number of hydrogen-bond acceptors (Lipinski definition) is 2. The van der Waals surface area contributed by atoms with Crippen molar-refractivity contribution in [3.8, 4) is 0 Å². The molecule has 0 heterocycles. The Morgan fingerprint density at radius 2 is 2.25 bits per heavy atom. The van der Waals surface area contributed by atoms with E-state index in [1.54, 1.807) is 7.11 Å². The Morgan fingerprint density at radius 1 is 1.75 bits per heavy atom. The van der Waals surface area contributed by atoms with Crippen LogP contribution >= 0.6 is 0 Å². The van der Waals surface area contributed by atoms with Gasteiger partial charge in [-0.2, -0.15) is 0 Å². The number of ether oxygens (including phenoxy) is 1. The summed E-state index contributed by atoms with van der Waals surface area (Å²) in [4.78, 5) is 0. The fourth-order valence-corrected chi connectivity index (χ4v) is 0.839. The normalized spacial score (nSPS) is 34.2. The molecular formula is C6H11NO. The molecule has 0 aromatic heterocycles. The molecule has 2 nitrogen and oxygen atoms in total. The SMILES string of the molecule is COC(=N)C1CC1C. The Kier molecular flexibility index (Phi) is 1.24. The molecule has 1 N–H and O–H groups in total. The van der Waals surface area contributed by atoms with Crippen molar-refractivity contribution in [3.05, 3.63) is 0 Å². The van der Waals surface area contributed by atoms with Gasteiger partial charge in [-0.25, -0.2) is 0 Å². The van der Waals surface area contributed by atoms with Crippen LogP contribution < -0.4 is 0 Å². The van der Waals surface area contributed by atoms with Crippen molar-refractivity contribution in [2.24, 2.45) is 11.8 Å². The minimum absolute atomic E-state index is 0.444. The lowest BCUT2D eigenvalue weighted by molar-refractivity contribution is 0.380. The quantitative estimate of drug-likeness (QED) is 0.403. The van der Waals surface area contributed by atoms with Crippen LogP contribution in [0.3, 0.4) is 0 Å². The van der Waals surface area contributed by atoms with Crippen LogP contribution in [0.2, 0.25) is 0 Å². The fraction of sp³-hybridized carbons (Fsp3) is 0.833. The predicted molar refractivity (Wildman–Crippen MR) is 32.0 cm³/mol. The van der Waals surface area contributed by atoms with Gasteiger partial charge in [0.25, 0.3) is 0 Å². The van der Waals surface area contributed by atoms with E-state index in [-0.39, 0.29) is 0 Å². The van der Waals surface area contributed by atoms with E-state index in [2.05, 4.69) is 6.92 Å². The third-order valence-electron chi connectivity index (χ3n) is 1.67. The zero-order chi connectivity index (χ0) is 6.15. The smallest absolute Gasteiger partial charge is 0.183 e. The fourth-order valence-electron chi connectivity index (χ4n) is 0.839. The summed E-state index contributed by atoms with van der Waals surface area (Å²) >= 11 is 0. The molecular weight excluding hydrogens is 102 g/mol. The summed E-state index contributed by atoms with van der Waals surface area (Å²) in [5.41, 5.74) is 0. The van der Waals surface area contributed by atoms with Crippen LogP contribution in [0, 0.1) is 17.2 Å². The van der Waals surface area contributed by atoms with Crippen LogP contribution in [0.5, 0.6) is 0 Å². The molecule has 0 bridgehead atoms.